The lowest BCUT2D eigenvalue weighted by molar-refractivity contribution is 0.795. The molecule has 9 rings (SSSR count). The van der Waals surface area contributed by atoms with Gasteiger partial charge in [-0.2, -0.15) is 0 Å². The molecule has 9 aromatic rings. The van der Waals surface area contributed by atoms with Gasteiger partial charge in [-0.25, -0.2) is 14.8 Å². The fourth-order valence-electron chi connectivity index (χ4n) is 6.77. The molecule has 0 aliphatic rings. The summed E-state index contributed by atoms with van der Waals surface area (Å²) in [7, 11) is 3.62. The SMILES string of the molecule is Cn1c(=O)n(C)c2cc(-c3ccc(-c4cc(-c5ccc(-c6cccc7c6sc6ccccc67)cc5)nc(-c5ccccc5)n4)cc3)ccc21. The second-order valence-electron chi connectivity index (χ2n) is 12.4. The zero-order valence-electron chi connectivity index (χ0n) is 27.0. The van der Waals surface area contributed by atoms with Crippen molar-refractivity contribution < 1.29 is 0 Å². The summed E-state index contributed by atoms with van der Waals surface area (Å²) in [4.78, 5) is 22.6. The molecule has 6 heteroatoms. The predicted molar refractivity (Wildman–Crippen MR) is 204 cm³/mol. The first kappa shape index (κ1) is 29.1. The van der Waals surface area contributed by atoms with E-state index < -0.39 is 0 Å². The summed E-state index contributed by atoms with van der Waals surface area (Å²) in [6, 6.07) is 50.8. The minimum Gasteiger partial charge on any atom is -0.295 e. The van der Waals surface area contributed by atoms with Crippen molar-refractivity contribution in [2.24, 2.45) is 14.1 Å². The van der Waals surface area contributed by atoms with Crippen LogP contribution in [0.5, 0.6) is 0 Å². The highest BCUT2D eigenvalue weighted by molar-refractivity contribution is 7.26. The number of benzene rings is 6. The van der Waals surface area contributed by atoms with E-state index in [9.17, 15) is 4.79 Å². The monoisotopic (exact) mass is 650 g/mol. The van der Waals surface area contributed by atoms with Crippen LogP contribution in [-0.2, 0) is 14.1 Å². The molecule has 49 heavy (non-hydrogen) atoms. The molecule has 0 spiro atoms. The first-order valence-electron chi connectivity index (χ1n) is 16.2. The lowest BCUT2D eigenvalue weighted by atomic mass is 9.99. The maximum absolute atomic E-state index is 12.5. The van der Waals surface area contributed by atoms with Gasteiger partial charge in [0.05, 0.1) is 22.4 Å². The molecule has 0 radical (unpaired) electrons. The molecule has 0 atom stereocenters. The van der Waals surface area contributed by atoms with Crippen molar-refractivity contribution in [2.45, 2.75) is 0 Å². The summed E-state index contributed by atoms with van der Waals surface area (Å²) in [6.07, 6.45) is 0. The Morgan fingerprint density at radius 1 is 0.490 bits per heavy atom. The minimum absolute atomic E-state index is 0.0283. The lowest BCUT2D eigenvalue weighted by Gasteiger charge is -2.11. The van der Waals surface area contributed by atoms with E-state index in [1.54, 1.807) is 16.2 Å². The van der Waals surface area contributed by atoms with Crippen LogP contribution in [0.25, 0.3) is 87.4 Å². The van der Waals surface area contributed by atoms with Crippen LogP contribution in [0, 0.1) is 0 Å². The summed E-state index contributed by atoms with van der Waals surface area (Å²) < 4.78 is 5.99. The molecule has 3 aromatic heterocycles. The van der Waals surface area contributed by atoms with Crippen molar-refractivity contribution in [3.05, 3.63) is 156 Å². The molecule has 5 nitrogen and oxygen atoms in total. The third kappa shape index (κ3) is 4.96. The van der Waals surface area contributed by atoms with Crippen LogP contribution in [0.1, 0.15) is 0 Å². The lowest BCUT2D eigenvalue weighted by Crippen LogP contribution is -2.19. The van der Waals surface area contributed by atoms with Crippen LogP contribution in [0.15, 0.2) is 150 Å². The van der Waals surface area contributed by atoms with E-state index in [0.717, 1.165) is 50.2 Å². The fraction of sp³-hybridized carbons (Fsp3) is 0.0465. The van der Waals surface area contributed by atoms with Gasteiger partial charge in [0.25, 0.3) is 0 Å². The number of imidazole rings is 1. The molecule has 0 unspecified atom stereocenters. The van der Waals surface area contributed by atoms with Crippen LogP contribution < -0.4 is 5.69 Å². The molecule has 0 saturated carbocycles. The van der Waals surface area contributed by atoms with Gasteiger partial charge in [0.15, 0.2) is 5.82 Å². The zero-order valence-corrected chi connectivity index (χ0v) is 27.8. The molecule has 0 aliphatic carbocycles. The van der Waals surface area contributed by atoms with Crippen molar-refractivity contribution in [1.29, 1.82) is 0 Å². The second-order valence-corrected chi connectivity index (χ2v) is 13.4. The van der Waals surface area contributed by atoms with Crippen molar-refractivity contribution in [2.75, 3.05) is 0 Å². The molecule has 0 N–H and O–H groups in total. The number of aryl methyl sites for hydroxylation is 2. The van der Waals surface area contributed by atoms with Gasteiger partial charge < -0.3 is 0 Å². The van der Waals surface area contributed by atoms with Gasteiger partial charge in [0.1, 0.15) is 0 Å². The average Bonchev–Trinajstić information content (AvgIpc) is 3.65. The first-order valence-corrected chi connectivity index (χ1v) is 17.1. The highest BCUT2D eigenvalue weighted by Crippen LogP contribution is 2.40. The smallest absolute Gasteiger partial charge is 0.295 e. The summed E-state index contributed by atoms with van der Waals surface area (Å²) in [6.45, 7) is 0. The van der Waals surface area contributed by atoms with Gasteiger partial charge in [-0.3, -0.25) is 9.13 Å². The number of aromatic nitrogens is 4. The van der Waals surface area contributed by atoms with Gasteiger partial charge in [-0.1, -0.05) is 121 Å². The molecule has 3 heterocycles. The quantitative estimate of drug-likeness (QED) is 0.186. The van der Waals surface area contributed by atoms with E-state index in [-0.39, 0.29) is 5.69 Å². The fourth-order valence-corrected chi connectivity index (χ4v) is 8.01. The molecule has 0 amide bonds. The third-order valence-corrected chi connectivity index (χ3v) is 10.7. The summed E-state index contributed by atoms with van der Waals surface area (Å²) >= 11 is 1.85. The number of fused-ring (bicyclic) bond motifs is 4. The molecule has 0 aliphatic heterocycles. The number of nitrogens with zero attached hydrogens (tertiary/aromatic N) is 4. The highest BCUT2D eigenvalue weighted by Gasteiger charge is 2.14. The van der Waals surface area contributed by atoms with Crippen LogP contribution >= 0.6 is 11.3 Å². The number of thiophene rings is 1. The number of hydrogen-bond acceptors (Lipinski definition) is 4. The zero-order chi connectivity index (χ0) is 33.1. The number of rotatable bonds is 5. The Morgan fingerprint density at radius 2 is 1.08 bits per heavy atom. The Labute approximate surface area is 287 Å². The molecule has 6 aromatic carbocycles. The molecular weight excluding hydrogens is 621 g/mol. The van der Waals surface area contributed by atoms with E-state index in [1.165, 1.54) is 31.3 Å². The minimum atomic E-state index is -0.0283. The van der Waals surface area contributed by atoms with Crippen LogP contribution in [0.2, 0.25) is 0 Å². The Hall–Kier alpha value is -6.11. The van der Waals surface area contributed by atoms with Crippen LogP contribution in [0.4, 0.5) is 0 Å². The van der Waals surface area contributed by atoms with E-state index in [4.69, 9.17) is 9.97 Å². The normalized spacial score (nSPS) is 11.6. The average molecular weight is 651 g/mol. The summed E-state index contributed by atoms with van der Waals surface area (Å²) in [5.41, 5.74) is 11.1. The maximum atomic E-state index is 12.5. The molecule has 234 valence electrons. The third-order valence-electron chi connectivity index (χ3n) is 9.44. The Bertz CT molecular complexity index is 2740. The predicted octanol–water partition coefficient (Wildman–Crippen LogP) is 10.4. The maximum Gasteiger partial charge on any atom is 0.328 e. The Morgan fingerprint density at radius 3 is 1.82 bits per heavy atom. The molecule has 0 fully saturated rings. The number of hydrogen-bond donors (Lipinski definition) is 0. The van der Waals surface area contributed by atoms with Crippen molar-refractivity contribution in [3.8, 4) is 56.2 Å². The van der Waals surface area contributed by atoms with E-state index >= 15 is 0 Å². The molecular formula is C43H30N4OS. The van der Waals surface area contributed by atoms with Crippen LogP contribution in [0.3, 0.4) is 0 Å². The van der Waals surface area contributed by atoms with Gasteiger partial charge in [0.2, 0.25) is 0 Å². The standard InChI is InChI=1S/C43H30N4OS/c1-46-38-24-23-32(25-39(38)47(2)43(46)48)27-15-19-29(20-16-27)36-26-37(45-42(44-36)31-9-4-3-5-10-31)30-21-17-28(18-22-30)33-12-8-13-35-34-11-6-7-14-40(34)49-41(33)35/h3-26H,1-2H3. The summed E-state index contributed by atoms with van der Waals surface area (Å²) in [5.74, 6) is 0.687. The van der Waals surface area contributed by atoms with E-state index in [0.29, 0.717) is 5.82 Å². The highest BCUT2D eigenvalue weighted by atomic mass is 32.1. The van der Waals surface area contributed by atoms with Crippen molar-refractivity contribution in [1.82, 2.24) is 19.1 Å². The van der Waals surface area contributed by atoms with Gasteiger partial charge >= 0.3 is 5.69 Å². The topological polar surface area (TPSA) is 52.7 Å². The van der Waals surface area contributed by atoms with Gasteiger partial charge in [-0.15, -0.1) is 11.3 Å². The van der Waals surface area contributed by atoms with Crippen molar-refractivity contribution >= 4 is 42.5 Å². The van der Waals surface area contributed by atoms with Crippen molar-refractivity contribution in [3.63, 3.8) is 0 Å². The largest absolute Gasteiger partial charge is 0.328 e. The van der Waals surface area contributed by atoms with Crippen LogP contribution in [-0.4, -0.2) is 19.1 Å². The second kappa shape index (κ2) is 11.5. The molecule has 0 bridgehead atoms. The van der Waals surface area contributed by atoms with E-state index in [2.05, 4.69) is 109 Å². The first-order chi connectivity index (χ1) is 24.0. The Balaban J connectivity index is 1.10. The van der Waals surface area contributed by atoms with E-state index in [1.807, 2.05) is 54.8 Å². The van der Waals surface area contributed by atoms with Gasteiger partial charge in [-0.05, 0) is 46.5 Å². The van der Waals surface area contributed by atoms with Gasteiger partial charge in [0, 0.05) is 51.0 Å². The Kier molecular flexibility index (Phi) is 6.85. The molecule has 0 saturated heterocycles. The summed E-state index contributed by atoms with van der Waals surface area (Å²) in [5, 5.41) is 2.60.